The summed E-state index contributed by atoms with van der Waals surface area (Å²) in [7, 11) is 0. The molecule has 2 aromatic carbocycles. The number of piperazine rings is 1. The number of nitriles is 1. The summed E-state index contributed by atoms with van der Waals surface area (Å²) >= 11 is 0. The van der Waals surface area contributed by atoms with Gasteiger partial charge in [-0.25, -0.2) is 0 Å². The van der Waals surface area contributed by atoms with Gasteiger partial charge in [0.05, 0.1) is 19.3 Å². The van der Waals surface area contributed by atoms with Crippen LogP contribution in [0, 0.1) is 11.3 Å². The summed E-state index contributed by atoms with van der Waals surface area (Å²) in [6.07, 6.45) is 9.44. The van der Waals surface area contributed by atoms with E-state index in [4.69, 9.17) is 10.5 Å². The molecular formula is C32H39N5O3. The van der Waals surface area contributed by atoms with Crippen LogP contribution in [-0.2, 0) is 14.9 Å². The minimum absolute atomic E-state index is 0.0207. The maximum atomic E-state index is 13.2. The highest BCUT2D eigenvalue weighted by Gasteiger charge is 2.47. The van der Waals surface area contributed by atoms with Gasteiger partial charge in [-0.2, -0.15) is 5.26 Å². The van der Waals surface area contributed by atoms with Gasteiger partial charge in [-0.05, 0) is 53.8 Å². The quantitative estimate of drug-likeness (QED) is 0.606. The topological polar surface area (TPSA) is 112 Å². The third-order valence-electron chi connectivity index (χ3n) is 9.50. The van der Waals surface area contributed by atoms with E-state index in [0.29, 0.717) is 31.7 Å². The molecule has 2 aromatic rings. The molecule has 1 aliphatic carbocycles. The summed E-state index contributed by atoms with van der Waals surface area (Å²) in [5.74, 6) is -0.106. The van der Waals surface area contributed by atoms with Gasteiger partial charge in [-0.3, -0.25) is 9.59 Å². The molecule has 40 heavy (non-hydrogen) atoms. The molecule has 8 nitrogen and oxygen atoms in total. The molecule has 3 aliphatic heterocycles. The van der Waals surface area contributed by atoms with Crippen LogP contribution < -0.4 is 11.1 Å². The fraction of sp³-hybridized carbons (Fsp3) is 0.531. The van der Waals surface area contributed by atoms with Crippen LogP contribution in [0.15, 0.2) is 42.5 Å². The summed E-state index contributed by atoms with van der Waals surface area (Å²) in [5.41, 5.74) is 10.3. The lowest BCUT2D eigenvalue weighted by Crippen LogP contribution is -2.68. The van der Waals surface area contributed by atoms with Crippen molar-refractivity contribution >= 4 is 17.5 Å². The molecule has 1 spiro atoms. The zero-order chi connectivity index (χ0) is 27.7. The molecular weight excluding hydrogens is 502 g/mol. The highest BCUT2D eigenvalue weighted by molar-refractivity contribution is 5.95. The second-order valence-electron chi connectivity index (χ2n) is 12.1. The molecule has 3 N–H and O–H groups in total. The number of nitrogens with zero attached hydrogens (tertiary/aromatic N) is 3. The maximum absolute atomic E-state index is 13.2. The highest BCUT2D eigenvalue weighted by Crippen LogP contribution is 2.49. The number of hydrogen-bond acceptors (Lipinski definition) is 6. The first-order valence-corrected chi connectivity index (χ1v) is 14.8. The molecule has 0 bridgehead atoms. The lowest BCUT2D eigenvalue weighted by molar-refractivity contribution is -0.155. The van der Waals surface area contributed by atoms with Gasteiger partial charge in [0.1, 0.15) is 11.6 Å². The van der Waals surface area contributed by atoms with Gasteiger partial charge in [-0.1, -0.05) is 56.7 Å². The van der Waals surface area contributed by atoms with Crippen LogP contribution in [0.2, 0.25) is 0 Å². The van der Waals surface area contributed by atoms with E-state index in [0.717, 1.165) is 42.5 Å². The summed E-state index contributed by atoms with van der Waals surface area (Å²) < 4.78 is 5.13. The molecule has 1 saturated carbocycles. The fourth-order valence-corrected chi connectivity index (χ4v) is 7.00. The number of rotatable bonds is 3. The van der Waals surface area contributed by atoms with Crippen molar-refractivity contribution in [1.82, 2.24) is 9.80 Å². The Morgan fingerprint density at radius 2 is 1.48 bits per heavy atom. The fourth-order valence-electron chi connectivity index (χ4n) is 7.00. The van der Waals surface area contributed by atoms with Gasteiger partial charge >= 0.3 is 0 Å². The Kier molecular flexibility index (Phi) is 7.28. The van der Waals surface area contributed by atoms with Gasteiger partial charge in [0.15, 0.2) is 0 Å². The second kappa shape index (κ2) is 10.9. The molecule has 3 fully saturated rings. The number of anilines is 1. The molecule has 2 saturated heterocycles. The molecule has 3 heterocycles. The number of ether oxygens (including phenoxy) is 1. The third-order valence-corrected chi connectivity index (χ3v) is 9.50. The normalized spacial score (nSPS) is 23.6. The number of nitrogens with one attached hydrogen (secondary N) is 1. The number of fused-ring (bicyclic) bond motifs is 2. The molecule has 1 unspecified atom stereocenters. The predicted octanol–water partition coefficient (Wildman–Crippen LogP) is 4.06. The van der Waals surface area contributed by atoms with Crippen molar-refractivity contribution < 1.29 is 14.3 Å². The van der Waals surface area contributed by atoms with Crippen molar-refractivity contribution in [3.8, 4) is 17.2 Å². The molecule has 8 heteroatoms. The van der Waals surface area contributed by atoms with Crippen molar-refractivity contribution in [2.45, 2.75) is 68.4 Å². The van der Waals surface area contributed by atoms with Gasteiger partial charge < -0.3 is 25.6 Å². The molecule has 0 aromatic heterocycles. The Hall–Kier alpha value is -3.41. The van der Waals surface area contributed by atoms with Crippen LogP contribution in [0.4, 0.5) is 5.69 Å². The number of carbonyl (C=O) groups excluding carboxylic acids is 2. The zero-order valence-corrected chi connectivity index (χ0v) is 23.2. The number of carbonyl (C=O) groups is 2. The number of nitrogens with two attached hydrogens (primary N) is 1. The van der Waals surface area contributed by atoms with Crippen LogP contribution in [-0.4, -0.2) is 72.6 Å². The maximum Gasteiger partial charge on any atom is 0.253 e. The van der Waals surface area contributed by atoms with Crippen LogP contribution in [0.1, 0.15) is 67.3 Å². The van der Waals surface area contributed by atoms with Crippen molar-refractivity contribution in [3.63, 3.8) is 0 Å². The van der Waals surface area contributed by atoms with Crippen LogP contribution in [0.25, 0.3) is 11.1 Å². The first-order valence-electron chi connectivity index (χ1n) is 14.8. The minimum atomic E-state index is -0.903. The van der Waals surface area contributed by atoms with Gasteiger partial charge in [0.2, 0.25) is 5.91 Å². The van der Waals surface area contributed by atoms with E-state index in [-0.39, 0.29) is 36.5 Å². The van der Waals surface area contributed by atoms with Gasteiger partial charge in [-0.15, -0.1) is 0 Å². The van der Waals surface area contributed by atoms with E-state index < -0.39 is 5.54 Å². The second-order valence-corrected chi connectivity index (χ2v) is 12.1. The zero-order valence-electron chi connectivity index (χ0n) is 23.2. The Balaban J connectivity index is 1.16. The Bertz CT molecular complexity index is 1290. The lowest BCUT2D eigenvalue weighted by Gasteiger charge is -2.43. The Morgan fingerprint density at radius 3 is 2.08 bits per heavy atom. The first-order chi connectivity index (χ1) is 19.4. The summed E-state index contributed by atoms with van der Waals surface area (Å²) in [4.78, 5) is 29.5. The minimum Gasteiger partial charge on any atom is -0.376 e. The molecule has 210 valence electrons. The van der Waals surface area contributed by atoms with Crippen LogP contribution >= 0.6 is 0 Å². The van der Waals surface area contributed by atoms with Crippen molar-refractivity contribution in [1.29, 1.82) is 5.26 Å². The van der Waals surface area contributed by atoms with Crippen LogP contribution in [0.5, 0.6) is 0 Å². The molecule has 1 atom stereocenters. The number of amides is 2. The van der Waals surface area contributed by atoms with E-state index in [2.05, 4.69) is 29.6 Å². The van der Waals surface area contributed by atoms with E-state index in [9.17, 15) is 14.9 Å². The summed E-state index contributed by atoms with van der Waals surface area (Å²) in [6, 6.07) is 16.7. The Morgan fingerprint density at radius 1 is 0.875 bits per heavy atom. The Labute approximate surface area is 236 Å². The van der Waals surface area contributed by atoms with Crippen molar-refractivity contribution in [3.05, 3.63) is 53.6 Å². The highest BCUT2D eigenvalue weighted by atomic mass is 16.5. The average molecular weight is 542 g/mol. The van der Waals surface area contributed by atoms with Crippen LogP contribution in [0.3, 0.4) is 0 Å². The summed E-state index contributed by atoms with van der Waals surface area (Å²) in [5, 5.41) is 13.6. The predicted molar refractivity (Wildman–Crippen MR) is 154 cm³/mol. The van der Waals surface area contributed by atoms with Crippen molar-refractivity contribution in [2.24, 2.45) is 5.73 Å². The summed E-state index contributed by atoms with van der Waals surface area (Å²) in [6.45, 7) is 2.47. The monoisotopic (exact) mass is 541 g/mol. The molecule has 6 rings (SSSR count). The first kappa shape index (κ1) is 26.8. The SMILES string of the molecule is N#CC1Nc2ccc(-c3ccc(C(=O)N4CCN(C(=O)C5(N)COC5)CC4)cc3)cc2C12CCCCCCCC2. The molecule has 2 amide bonds. The van der Waals surface area contributed by atoms with Crippen molar-refractivity contribution in [2.75, 3.05) is 44.7 Å². The standard InChI is InChI=1S/C32H39N5O3/c33-20-28-31(13-5-3-1-2-4-6-14-31)26-19-25(11-12-27(26)35-28)23-7-9-24(10-8-23)29(38)36-15-17-37(18-16-36)30(39)32(34)21-40-22-32/h7-12,19,28,35H,1-6,13-18,21-22,34H2. The molecule has 0 radical (unpaired) electrons. The third kappa shape index (κ3) is 4.76. The lowest BCUT2D eigenvalue weighted by atomic mass is 9.70. The molecule has 4 aliphatic rings. The van der Waals surface area contributed by atoms with E-state index in [1.165, 1.54) is 31.2 Å². The van der Waals surface area contributed by atoms with E-state index >= 15 is 0 Å². The average Bonchev–Trinajstić information content (AvgIpc) is 3.35. The van der Waals surface area contributed by atoms with E-state index in [1.54, 1.807) is 4.90 Å². The number of benzene rings is 2. The van der Waals surface area contributed by atoms with Gasteiger partial charge in [0.25, 0.3) is 5.91 Å². The smallest absolute Gasteiger partial charge is 0.253 e. The largest absolute Gasteiger partial charge is 0.376 e. The number of hydrogen-bond donors (Lipinski definition) is 2. The van der Waals surface area contributed by atoms with Gasteiger partial charge in [0, 0.05) is 42.8 Å². The van der Waals surface area contributed by atoms with E-state index in [1.807, 2.05) is 29.2 Å².